The molecule has 1 unspecified atom stereocenters. The highest BCUT2D eigenvalue weighted by molar-refractivity contribution is 7.12. The maximum Gasteiger partial charge on any atom is 0.0878 e. The maximum absolute atomic E-state index is 6.50. The van der Waals surface area contributed by atoms with Gasteiger partial charge in [0.2, 0.25) is 0 Å². The second-order valence-corrected chi connectivity index (χ2v) is 7.68. The Balaban J connectivity index is 2.18. The molecular formula is C15H25NOS. The van der Waals surface area contributed by atoms with E-state index in [0.717, 1.165) is 12.8 Å². The van der Waals surface area contributed by atoms with Crippen molar-refractivity contribution in [3.05, 3.63) is 21.9 Å². The lowest BCUT2D eigenvalue weighted by atomic mass is 9.68. The molecule has 3 heteroatoms. The molecule has 0 radical (unpaired) electrons. The van der Waals surface area contributed by atoms with Gasteiger partial charge in [0.1, 0.15) is 0 Å². The lowest BCUT2D eigenvalue weighted by Gasteiger charge is -2.45. The molecule has 0 saturated heterocycles. The highest BCUT2D eigenvalue weighted by Crippen LogP contribution is 2.47. The monoisotopic (exact) mass is 267 g/mol. The van der Waals surface area contributed by atoms with E-state index in [1.165, 1.54) is 22.6 Å². The van der Waals surface area contributed by atoms with Crippen LogP contribution in [0.15, 0.2) is 12.1 Å². The summed E-state index contributed by atoms with van der Waals surface area (Å²) in [5, 5.41) is 0. The van der Waals surface area contributed by atoms with Gasteiger partial charge < -0.3 is 10.5 Å². The van der Waals surface area contributed by atoms with Crippen LogP contribution in [0.5, 0.6) is 0 Å². The van der Waals surface area contributed by atoms with Crippen molar-refractivity contribution in [2.75, 3.05) is 7.11 Å². The molecule has 0 aromatic carbocycles. The number of aryl methyl sites for hydroxylation is 1. The molecule has 1 heterocycles. The van der Waals surface area contributed by atoms with Gasteiger partial charge in [0.25, 0.3) is 0 Å². The summed E-state index contributed by atoms with van der Waals surface area (Å²) in [4.78, 5) is 2.58. The van der Waals surface area contributed by atoms with Crippen LogP contribution in [-0.2, 0) is 4.74 Å². The molecule has 1 aliphatic rings. The van der Waals surface area contributed by atoms with E-state index in [0.29, 0.717) is 5.41 Å². The molecular weight excluding hydrogens is 242 g/mol. The minimum Gasteiger partial charge on any atom is -0.376 e. The number of nitrogens with two attached hydrogens (primary N) is 1. The highest BCUT2D eigenvalue weighted by atomic mass is 32.1. The molecule has 0 bridgehead atoms. The van der Waals surface area contributed by atoms with Crippen LogP contribution in [-0.4, -0.2) is 12.7 Å². The summed E-state index contributed by atoms with van der Waals surface area (Å²) in [7, 11) is 1.82. The molecule has 1 aromatic heterocycles. The third-order valence-corrected chi connectivity index (χ3v) is 5.57. The molecule has 1 aliphatic carbocycles. The summed E-state index contributed by atoms with van der Waals surface area (Å²) >= 11 is 1.80. The van der Waals surface area contributed by atoms with Crippen molar-refractivity contribution in [3.8, 4) is 0 Å². The number of methoxy groups -OCH3 is 1. The molecule has 102 valence electrons. The Morgan fingerprint density at radius 1 is 1.22 bits per heavy atom. The molecule has 1 saturated carbocycles. The Kier molecular flexibility index (Phi) is 3.86. The van der Waals surface area contributed by atoms with Gasteiger partial charge in [-0.15, -0.1) is 11.3 Å². The smallest absolute Gasteiger partial charge is 0.0878 e. The van der Waals surface area contributed by atoms with Gasteiger partial charge in [0.15, 0.2) is 0 Å². The predicted octanol–water partition coefficient (Wildman–Crippen LogP) is 4.04. The average molecular weight is 267 g/mol. The van der Waals surface area contributed by atoms with Crippen LogP contribution in [0, 0.1) is 12.3 Å². The van der Waals surface area contributed by atoms with E-state index in [9.17, 15) is 0 Å². The topological polar surface area (TPSA) is 35.2 Å². The lowest BCUT2D eigenvalue weighted by molar-refractivity contribution is -0.0787. The van der Waals surface area contributed by atoms with Crippen LogP contribution in [0.4, 0.5) is 0 Å². The molecule has 18 heavy (non-hydrogen) atoms. The average Bonchev–Trinajstić information content (AvgIpc) is 2.76. The molecule has 0 spiro atoms. The fourth-order valence-electron chi connectivity index (χ4n) is 2.87. The van der Waals surface area contributed by atoms with Gasteiger partial charge >= 0.3 is 0 Å². The second-order valence-electron chi connectivity index (χ2n) is 6.36. The van der Waals surface area contributed by atoms with Gasteiger partial charge in [-0.05, 0) is 50.2 Å². The third kappa shape index (κ3) is 2.63. The van der Waals surface area contributed by atoms with E-state index < -0.39 is 0 Å². The van der Waals surface area contributed by atoms with Gasteiger partial charge in [-0.25, -0.2) is 0 Å². The van der Waals surface area contributed by atoms with Crippen LogP contribution < -0.4 is 5.73 Å². The molecule has 1 fully saturated rings. The summed E-state index contributed by atoms with van der Waals surface area (Å²) in [6.07, 6.45) is 4.51. The van der Waals surface area contributed by atoms with E-state index >= 15 is 0 Å². The third-order valence-electron chi connectivity index (χ3n) is 4.49. The minimum absolute atomic E-state index is 0.0114. The van der Waals surface area contributed by atoms with E-state index in [1.807, 2.05) is 7.11 Å². The molecule has 0 aliphatic heterocycles. The predicted molar refractivity (Wildman–Crippen MR) is 78.0 cm³/mol. The van der Waals surface area contributed by atoms with Crippen LogP contribution >= 0.6 is 11.3 Å². The Morgan fingerprint density at radius 2 is 1.83 bits per heavy atom. The Hall–Kier alpha value is -0.380. The first-order chi connectivity index (χ1) is 8.38. The first kappa shape index (κ1) is 14.0. The van der Waals surface area contributed by atoms with E-state index in [4.69, 9.17) is 10.5 Å². The molecule has 2 nitrogen and oxygen atoms in total. The van der Waals surface area contributed by atoms with Crippen molar-refractivity contribution in [1.29, 1.82) is 0 Å². The molecule has 0 amide bonds. The van der Waals surface area contributed by atoms with Crippen molar-refractivity contribution in [1.82, 2.24) is 0 Å². The molecule has 1 aromatic rings. The summed E-state index contributed by atoms with van der Waals surface area (Å²) in [6.45, 7) is 6.81. The summed E-state index contributed by atoms with van der Waals surface area (Å²) in [6, 6.07) is 4.32. The van der Waals surface area contributed by atoms with Gasteiger partial charge in [0, 0.05) is 16.9 Å². The summed E-state index contributed by atoms with van der Waals surface area (Å²) in [5.41, 5.74) is 6.78. The van der Waals surface area contributed by atoms with Crippen molar-refractivity contribution < 1.29 is 4.74 Å². The first-order valence-corrected chi connectivity index (χ1v) is 7.57. The Labute approximate surface area is 115 Å². The minimum atomic E-state index is -0.160. The zero-order chi connectivity index (χ0) is 13.4. The van der Waals surface area contributed by atoms with Crippen molar-refractivity contribution in [2.24, 2.45) is 11.1 Å². The fourth-order valence-corrected chi connectivity index (χ4v) is 3.86. The van der Waals surface area contributed by atoms with Gasteiger partial charge in [-0.1, -0.05) is 13.8 Å². The van der Waals surface area contributed by atoms with Crippen molar-refractivity contribution in [3.63, 3.8) is 0 Å². The van der Waals surface area contributed by atoms with Crippen molar-refractivity contribution >= 4 is 11.3 Å². The quantitative estimate of drug-likeness (QED) is 0.897. The number of rotatable bonds is 3. The normalized spacial score (nSPS) is 23.8. The largest absolute Gasteiger partial charge is 0.376 e. The van der Waals surface area contributed by atoms with Crippen LogP contribution in [0.3, 0.4) is 0 Å². The highest BCUT2D eigenvalue weighted by Gasteiger charge is 2.43. The van der Waals surface area contributed by atoms with Gasteiger partial charge in [-0.3, -0.25) is 0 Å². The number of ether oxygens (including phenoxy) is 1. The van der Waals surface area contributed by atoms with Gasteiger partial charge in [0.05, 0.1) is 11.6 Å². The number of hydrogen-bond acceptors (Lipinski definition) is 3. The lowest BCUT2D eigenvalue weighted by Crippen LogP contribution is -2.47. The standard InChI is InChI=1S/C15H25NOS/c1-11-5-6-12(18-11)13(16)15(17-4)9-7-14(2,3)8-10-15/h5-6,13H,7-10,16H2,1-4H3. The number of hydrogen-bond donors (Lipinski definition) is 1. The van der Waals surface area contributed by atoms with Crippen LogP contribution in [0.25, 0.3) is 0 Å². The molecule has 2 N–H and O–H groups in total. The van der Waals surface area contributed by atoms with Crippen LogP contribution in [0.2, 0.25) is 0 Å². The van der Waals surface area contributed by atoms with Crippen LogP contribution in [0.1, 0.15) is 55.3 Å². The summed E-state index contributed by atoms with van der Waals surface area (Å²) < 4.78 is 5.88. The second kappa shape index (κ2) is 4.95. The molecule has 1 atom stereocenters. The maximum atomic E-state index is 6.50. The summed E-state index contributed by atoms with van der Waals surface area (Å²) in [5.74, 6) is 0. The Bertz CT molecular complexity index is 400. The van der Waals surface area contributed by atoms with Gasteiger partial charge in [-0.2, -0.15) is 0 Å². The molecule has 2 rings (SSSR count). The first-order valence-electron chi connectivity index (χ1n) is 6.76. The zero-order valence-electron chi connectivity index (χ0n) is 12.0. The zero-order valence-corrected chi connectivity index (χ0v) is 12.8. The Morgan fingerprint density at radius 3 is 2.28 bits per heavy atom. The van der Waals surface area contributed by atoms with E-state index in [2.05, 4.69) is 32.9 Å². The number of thiophene rings is 1. The van der Waals surface area contributed by atoms with E-state index in [-0.39, 0.29) is 11.6 Å². The SMILES string of the molecule is COC1(C(N)c2ccc(C)s2)CCC(C)(C)CC1. The fraction of sp³-hybridized carbons (Fsp3) is 0.733. The van der Waals surface area contributed by atoms with E-state index in [1.54, 1.807) is 11.3 Å². The van der Waals surface area contributed by atoms with Crippen molar-refractivity contribution in [2.45, 2.75) is 58.1 Å².